The molecule has 1 aliphatic heterocycles. The molecule has 0 aliphatic carbocycles. The minimum Gasteiger partial charge on any atom is -0.462 e. The molecule has 1 saturated heterocycles. The van der Waals surface area contributed by atoms with Crippen LogP contribution in [0.2, 0.25) is 0 Å². The van der Waals surface area contributed by atoms with E-state index in [0.717, 1.165) is 0 Å². The molecular weight excluding hydrogens is 224 g/mol. The van der Waals surface area contributed by atoms with Crippen molar-refractivity contribution in [2.24, 2.45) is 5.92 Å². The van der Waals surface area contributed by atoms with Crippen LogP contribution in [0.25, 0.3) is 0 Å². The van der Waals surface area contributed by atoms with Crippen LogP contribution in [0.3, 0.4) is 0 Å². The molecule has 1 fully saturated rings. The van der Waals surface area contributed by atoms with Crippen LogP contribution >= 0.6 is 0 Å². The summed E-state index contributed by atoms with van der Waals surface area (Å²) in [6.45, 7) is 7.66. The maximum atomic E-state index is 11.1. The molecule has 0 aromatic heterocycles. The molecule has 96 valence electrons. The number of carbonyl (C=O) groups excluding carboxylic acids is 2. The second-order valence-corrected chi connectivity index (χ2v) is 4.21. The Balaban J connectivity index is 2.21. The zero-order chi connectivity index (χ0) is 12.8. The SMILES string of the molecule is C=C(C)C(=O)OCCC(C)C1COC(=O)CO1. The van der Waals surface area contributed by atoms with Crippen LogP contribution in [0.5, 0.6) is 0 Å². The Hall–Kier alpha value is -1.36. The molecule has 0 saturated carbocycles. The predicted molar refractivity (Wildman–Crippen MR) is 60.3 cm³/mol. The van der Waals surface area contributed by atoms with Crippen molar-refractivity contribution in [1.82, 2.24) is 0 Å². The van der Waals surface area contributed by atoms with Crippen LogP contribution < -0.4 is 0 Å². The van der Waals surface area contributed by atoms with Crippen molar-refractivity contribution in [1.29, 1.82) is 0 Å². The van der Waals surface area contributed by atoms with Gasteiger partial charge in [-0.1, -0.05) is 13.5 Å². The van der Waals surface area contributed by atoms with Crippen LogP contribution in [0.15, 0.2) is 12.2 Å². The summed E-state index contributed by atoms with van der Waals surface area (Å²) < 4.78 is 15.2. The first kappa shape index (κ1) is 13.7. The average Bonchev–Trinajstić information content (AvgIpc) is 2.29. The van der Waals surface area contributed by atoms with E-state index in [1.54, 1.807) is 6.92 Å². The van der Waals surface area contributed by atoms with E-state index in [0.29, 0.717) is 18.6 Å². The number of esters is 2. The normalized spacial score (nSPS) is 21.5. The first-order chi connectivity index (χ1) is 8.00. The van der Waals surface area contributed by atoms with Crippen LogP contribution in [0.1, 0.15) is 20.3 Å². The Bertz CT molecular complexity index is 300. The lowest BCUT2D eigenvalue weighted by Crippen LogP contribution is -2.37. The zero-order valence-electron chi connectivity index (χ0n) is 10.2. The van der Waals surface area contributed by atoms with Gasteiger partial charge in [-0.3, -0.25) is 0 Å². The first-order valence-electron chi connectivity index (χ1n) is 5.60. The van der Waals surface area contributed by atoms with Gasteiger partial charge in [0.2, 0.25) is 0 Å². The highest BCUT2D eigenvalue weighted by atomic mass is 16.6. The Kier molecular flexibility index (Phi) is 5.15. The molecule has 5 nitrogen and oxygen atoms in total. The van der Waals surface area contributed by atoms with Crippen LogP contribution in [-0.2, 0) is 23.8 Å². The fraction of sp³-hybridized carbons (Fsp3) is 0.667. The maximum Gasteiger partial charge on any atom is 0.333 e. The number of cyclic esters (lactones) is 1. The molecule has 0 N–H and O–H groups in total. The van der Waals surface area contributed by atoms with Crippen molar-refractivity contribution in [3.05, 3.63) is 12.2 Å². The molecule has 0 amide bonds. The second kappa shape index (κ2) is 6.39. The van der Waals surface area contributed by atoms with E-state index in [2.05, 4.69) is 6.58 Å². The van der Waals surface area contributed by atoms with Crippen LogP contribution in [0, 0.1) is 5.92 Å². The van der Waals surface area contributed by atoms with Gasteiger partial charge < -0.3 is 14.2 Å². The third-order valence-corrected chi connectivity index (χ3v) is 2.61. The third kappa shape index (κ3) is 4.56. The standard InChI is InChI=1S/C12H18O5/c1-8(2)12(14)15-5-4-9(3)10-6-17-11(13)7-16-10/h9-10H,1,4-7H2,2-3H3. The van der Waals surface area contributed by atoms with Gasteiger partial charge in [-0.25, -0.2) is 9.59 Å². The van der Waals surface area contributed by atoms with Crippen LogP contribution in [0.4, 0.5) is 0 Å². The fourth-order valence-corrected chi connectivity index (χ4v) is 1.42. The topological polar surface area (TPSA) is 61.8 Å². The van der Waals surface area contributed by atoms with Crippen molar-refractivity contribution in [3.8, 4) is 0 Å². The highest BCUT2D eigenvalue weighted by molar-refractivity contribution is 5.86. The summed E-state index contributed by atoms with van der Waals surface area (Å²) in [7, 11) is 0. The van der Waals surface area contributed by atoms with Gasteiger partial charge >= 0.3 is 11.9 Å². The lowest BCUT2D eigenvalue weighted by atomic mass is 10.0. The van der Waals surface area contributed by atoms with E-state index in [4.69, 9.17) is 14.2 Å². The summed E-state index contributed by atoms with van der Waals surface area (Å²) in [5.41, 5.74) is 0.389. The van der Waals surface area contributed by atoms with Gasteiger partial charge in [0.25, 0.3) is 0 Å². The van der Waals surface area contributed by atoms with E-state index in [1.165, 1.54) is 0 Å². The number of hydrogen-bond donors (Lipinski definition) is 0. The minimum atomic E-state index is -0.381. The molecule has 17 heavy (non-hydrogen) atoms. The van der Waals surface area contributed by atoms with E-state index >= 15 is 0 Å². The Morgan fingerprint density at radius 3 is 2.88 bits per heavy atom. The smallest absolute Gasteiger partial charge is 0.333 e. The lowest BCUT2D eigenvalue weighted by molar-refractivity contribution is -0.172. The van der Waals surface area contributed by atoms with Gasteiger partial charge in [0, 0.05) is 5.57 Å². The lowest BCUT2D eigenvalue weighted by Gasteiger charge is -2.27. The molecule has 2 unspecified atom stereocenters. The molecule has 0 radical (unpaired) electrons. The van der Waals surface area contributed by atoms with Gasteiger partial charge in [-0.05, 0) is 19.3 Å². The Morgan fingerprint density at radius 2 is 2.35 bits per heavy atom. The largest absolute Gasteiger partial charge is 0.462 e. The van der Waals surface area contributed by atoms with E-state index in [9.17, 15) is 9.59 Å². The van der Waals surface area contributed by atoms with E-state index in [-0.39, 0.29) is 37.2 Å². The molecule has 2 atom stereocenters. The summed E-state index contributed by atoms with van der Waals surface area (Å²) >= 11 is 0. The quantitative estimate of drug-likeness (QED) is 0.533. The van der Waals surface area contributed by atoms with Gasteiger partial charge in [-0.2, -0.15) is 0 Å². The summed E-state index contributed by atoms with van der Waals surface area (Å²) in [6, 6.07) is 0. The van der Waals surface area contributed by atoms with Crippen LogP contribution in [-0.4, -0.2) is 37.9 Å². The third-order valence-electron chi connectivity index (χ3n) is 2.61. The van der Waals surface area contributed by atoms with Crippen molar-refractivity contribution in [2.75, 3.05) is 19.8 Å². The van der Waals surface area contributed by atoms with Gasteiger partial charge in [0.05, 0.1) is 12.7 Å². The van der Waals surface area contributed by atoms with Crippen molar-refractivity contribution >= 4 is 11.9 Å². The molecule has 0 aromatic rings. The fourth-order valence-electron chi connectivity index (χ4n) is 1.42. The molecular formula is C12H18O5. The summed E-state index contributed by atoms with van der Waals surface area (Å²) in [4.78, 5) is 21.9. The zero-order valence-corrected chi connectivity index (χ0v) is 10.2. The highest BCUT2D eigenvalue weighted by Gasteiger charge is 2.25. The first-order valence-corrected chi connectivity index (χ1v) is 5.60. The van der Waals surface area contributed by atoms with Gasteiger partial charge in [0.1, 0.15) is 13.2 Å². The van der Waals surface area contributed by atoms with Crippen molar-refractivity contribution in [2.45, 2.75) is 26.4 Å². The Labute approximate surface area is 101 Å². The van der Waals surface area contributed by atoms with E-state index in [1.807, 2.05) is 6.92 Å². The summed E-state index contributed by atoms with van der Waals surface area (Å²) in [5.74, 6) is -0.545. The van der Waals surface area contributed by atoms with Gasteiger partial charge in [-0.15, -0.1) is 0 Å². The van der Waals surface area contributed by atoms with E-state index < -0.39 is 0 Å². The molecule has 0 aromatic carbocycles. The van der Waals surface area contributed by atoms with Crippen molar-refractivity contribution in [3.63, 3.8) is 0 Å². The monoisotopic (exact) mass is 242 g/mol. The molecule has 5 heteroatoms. The molecule has 1 aliphatic rings. The van der Waals surface area contributed by atoms with Gasteiger partial charge in [0.15, 0.2) is 0 Å². The Morgan fingerprint density at radius 1 is 1.65 bits per heavy atom. The summed E-state index contributed by atoms with van der Waals surface area (Å²) in [5, 5.41) is 0. The number of ether oxygens (including phenoxy) is 3. The van der Waals surface area contributed by atoms with Crippen molar-refractivity contribution < 1.29 is 23.8 Å². The predicted octanol–water partition coefficient (Wildman–Crippen LogP) is 1.07. The maximum absolute atomic E-state index is 11.1. The second-order valence-electron chi connectivity index (χ2n) is 4.21. The molecule has 1 heterocycles. The average molecular weight is 242 g/mol. The molecule has 0 spiro atoms. The number of carbonyl (C=O) groups is 2. The highest BCUT2D eigenvalue weighted by Crippen LogP contribution is 2.16. The minimum absolute atomic E-state index is 0.000556. The molecule has 1 rings (SSSR count). The number of hydrogen-bond acceptors (Lipinski definition) is 5. The number of rotatable bonds is 5. The molecule has 0 bridgehead atoms. The summed E-state index contributed by atoms with van der Waals surface area (Å²) in [6.07, 6.45) is 0.553.